The fourth-order valence-corrected chi connectivity index (χ4v) is 14.0. The van der Waals surface area contributed by atoms with Crippen LogP contribution in [0, 0.1) is 0 Å². The van der Waals surface area contributed by atoms with Gasteiger partial charge in [-0.1, -0.05) is 113 Å². The third kappa shape index (κ3) is 7.86. The van der Waals surface area contributed by atoms with Crippen LogP contribution in [0.1, 0.15) is 91.2 Å². The summed E-state index contributed by atoms with van der Waals surface area (Å²) in [6, 6.07) is 7.75. The summed E-state index contributed by atoms with van der Waals surface area (Å²) in [6.45, 7) is 24.8. The van der Waals surface area contributed by atoms with Crippen LogP contribution in [-0.2, 0) is 12.3 Å². The maximum Gasteiger partial charge on any atom is 0.0776 e. The first-order chi connectivity index (χ1) is 15.8. The zero-order valence-electron chi connectivity index (χ0n) is 23.9. The minimum atomic E-state index is -1.35. The lowest BCUT2D eigenvalue weighted by Gasteiger charge is -2.43. The lowest BCUT2D eigenvalue weighted by molar-refractivity contribution is 0.456. The Hall–Kier alpha value is 0.217. The molecule has 2 N–H and O–H groups in total. The number of rotatable bonds is 7. The van der Waals surface area contributed by atoms with Gasteiger partial charge in [-0.3, -0.25) is 0 Å². The molecule has 1 aromatic rings. The van der Waals surface area contributed by atoms with E-state index < -0.39 is 8.07 Å². The molecule has 0 amide bonds. The molecule has 2 nitrogen and oxygen atoms in total. The highest BCUT2D eigenvalue weighted by atomic mass is 31.1. The number of nitrogens with one attached hydrogen (secondary N) is 2. The minimum absolute atomic E-state index is 0.118. The summed E-state index contributed by atoms with van der Waals surface area (Å²) in [5, 5.41) is 10.4. The van der Waals surface area contributed by atoms with Crippen molar-refractivity contribution in [2.75, 3.05) is 13.1 Å². The molecule has 2 heterocycles. The number of hydrogen-bond acceptors (Lipinski definition) is 2. The summed E-state index contributed by atoms with van der Waals surface area (Å²) in [7, 11) is -1.61. The number of hydrogen-bond donors (Lipinski definition) is 2. The SMILES string of the molecule is CC(C)(C)P(Cc1ccc([Si](C)(C)C)cc1CP(C1CCCCN1)C1CCCCN1)C(C)(C)C. The molecule has 194 valence electrons. The quantitative estimate of drug-likeness (QED) is 0.281. The van der Waals surface area contributed by atoms with E-state index in [-0.39, 0.29) is 15.8 Å². The van der Waals surface area contributed by atoms with Crippen LogP contribution >= 0.6 is 15.8 Å². The maximum absolute atomic E-state index is 3.99. The Morgan fingerprint density at radius 3 is 1.71 bits per heavy atom. The van der Waals surface area contributed by atoms with Crippen molar-refractivity contribution in [1.29, 1.82) is 0 Å². The van der Waals surface area contributed by atoms with Gasteiger partial charge in [-0.25, -0.2) is 0 Å². The van der Waals surface area contributed by atoms with Gasteiger partial charge in [-0.05, 0) is 72.5 Å². The molecule has 2 fully saturated rings. The fraction of sp³-hybridized carbons (Fsp3) is 0.793. The topological polar surface area (TPSA) is 24.1 Å². The van der Waals surface area contributed by atoms with Gasteiger partial charge in [0.05, 0.1) is 8.07 Å². The normalized spacial score (nSPS) is 23.8. The summed E-state index contributed by atoms with van der Waals surface area (Å²) in [6.07, 6.45) is 10.9. The van der Waals surface area contributed by atoms with Gasteiger partial charge in [0.15, 0.2) is 0 Å². The van der Waals surface area contributed by atoms with Crippen molar-refractivity contribution in [1.82, 2.24) is 10.6 Å². The molecule has 0 saturated carbocycles. The Balaban J connectivity index is 1.99. The molecule has 0 bridgehead atoms. The Kier molecular flexibility index (Phi) is 9.93. The molecule has 3 rings (SSSR count). The molecule has 0 aliphatic carbocycles. The van der Waals surface area contributed by atoms with Crippen LogP contribution in [0.3, 0.4) is 0 Å². The molecule has 34 heavy (non-hydrogen) atoms. The molecular weight excluding hydrogens is 466 g/mol. The smallest absolute Gasteiger partial charge is 0.0776 e. The average molecular weight is 521 g/mol. The van der Waals surface area contributed by atoms with Crippen molar-refractivity contribution in [3.63, 3.8) is 0 Å². The molecular formula is C29H54N2P2Si. The van der Waals surface area contributed by atoms with Crippen molar-refractivity contribution < 1.29 is 0 Å². The fourth-order valence-electron chi connectivity index (χ4n) is 5.91. The lowest BCUT2D eigenvalue weighted by atomic mass is 10.1. The predicted octanol–water partition coefficient (Wildman–Crippen LogP) is 7.99. The monoisotopic (exact) mass is 520 g/mol. The van der Waals surface area contributed by atoms with Crippen LogP contribution in [0.4, 0.5) is 0 Å². The van der Waals surface area contributed by atoms with E-state index in [0.717, 1.165) is 11.6 Å². The van der Waals surface area contributed by atoms with Gasteiger partial charge in [0.25, 0.3) is 0 Å². The molecule has 2 aliphatic rings. The molecule has 2 unspecified atom stereocenters. The van der Waals surface area contributed by atoms with Gasteiger partial charge < -0.3 is 10.6 Å². The zero-order valence-corrected chi connectivity index (χ0v) is 26.6. The number of benzene rings is 1. The molecule has 2 aliphatic heterocycles. The summed E-state index contributed by atoms with van der Waals surface area (Å²) in [5.41, 5.74) is 3.36. The van der Waals surface area contributed by atoms with Gasteiger partial charge in [0.1, 0.15) is 0 Å². The maximum atomic E-state index is 3.99. The Morgan fingerprint density at radius 2 is 1.29 bits per heavy atom. The van der Waals surface area contributed by atoms with Crippen molar-refractivity contribution >= 4 is 29.1 Å². The zero-order chi connectivity index (χ0) is 25.1. The van der Waals surface area contributed by atoms with Gasteiger partial charge in [-0.2, -0.15) is 0 Å². The van der Waals surface area contributed by atoms with E-state index in [1.807, 2.05) is 0 Å². The third-order valence-corrected chi connectivity index (χ3v) is 16.9. The molecule has 0 spiro atoms. The second-order valence-corrected chi connectivity index (χ2v) is 25.3. The summed E-state index contributed by atoms with van der Waals surface area (Å²) < 4.78 is 0. The van der Waals surface area contributed by atoms with Gasteiger partial charge in [0, 0.05) is 11.6 Å². The van der Waals surface area contributed by atoms with Crippen LogP contribution in [0.2, 0.25) is 19.6 Å². The highest BCUT2D eigenvalue weighted by Crippen LogP contribution is 2.62. The third-order valence-electron chi connectivity index (χ3n) is 7.74. The summed E-state index contributed by atoms with van der Waals surface area (Å²) in [5.74, 6) is 1.46. The molecule has 1 aromatic carbocycles. The second-order valence-electron chi connectivity index (χ2n) is 13.8. The highest BCUT2D eigenvalue weighted by Gasteiger charge is 2.36. The van der Waals surface area contributed by atoms with Crippen LogP contribution in [-0.4, -0.2) is 43.0 Å². The van der Waals surface area contributed by atoms with Crippen molar-refractivity contribution in [3.8, 4) is 0 Å². The standard InChI is InChI=1S/C29H54N2P2Si/c1-28(2,3)33(29(4,5)6)22-23-16-17-25(34(7,8)9)20-24(23)21-32(26-14-10-12-18-30-26)27-15-11-13-19-31-27/h16-17,20,26-27,30-31H,10-15,18-19,21-22H2,1-9H3. The van der Waals surface area contributed by atoms with E-state index in [2.05, 4.69) is 90.0 Å². The van der Waals surface area contributed by atoms with Crippen LogP contribution in [0.5, 0.6) is 0 Å². The van der Waals surface area contributed by atoms with E-state index in [0.29, 0.717) is 10.3 Å². The van der Waals surface area contributed by atoms with Gasteiger partial charge in [-0.15, -0.1) is 0 Å². The van der Waals surface area contributed by atoms with E-state index in [4.69, 9.17) is 0 Å². The van der Waals surface area contributed by atoms with Crippen LogP contribution < -0.4 is 15.8 Å². The number of piperidine rings is 2. The van der Waals surface area contributed by atoms with Crippen molar-refractivity contribution in [2.24, 2.45) is 0 Å². The second kappa shape index (κ2) is 11.7. The minimum Gasteiger partial charge on any atom is -0.310 e. The summed E-state index contributed by atoms with van der Waals surface area (Å²) >= 11 is 0. The van der Waals surface area contributed by atoms with Gasteiger partial charge >= 0.3 is 0 Å². The first-order valence-corrected chi connectivity index (χ1v) is 20.6. The van der Waals surface area contributed by atoms with E-state index in [1.54, 1.807) is 16.3 Å². The van der Waals surface area contributed by atoms with Crippen molar-refractivity contribution in [3.05, 3.63) is 29.3 Å². The first kappa shape index (κ1) is 28.8. The molecule has 0 aromatic heterocycles. The van der Waals surface area contributed by atoms with Crippen molar-refractivity contribution in [2.45, 2.75) is 134 Å². The van der Waals surface area contributed by atoms with E-state index in [9.17, 15) is 0 Å². The summed E-state index contributed by atoms with van der Waals surface area (Å²) in [4.78, 5) is 0. The molecule has 2 atom stereocenters. The Labute approximate surface area is 215 Å². The highest BCUT2D eigenvalue weighted by molar-refractivity contribution is 7.60. The lowest BCUT2D eigenvalue weighted by Crippen LogP contribution is -2.41. The first-order valence-electron chi connectivity index (χ1n) is 13.9. The largest absolute Gasteiger partial charge is 0.310 e. The Bertz CT molecular complexity index is 747. The molecule has 5 heteroatoms. The van der Waals surface area contributed by atoms with E-state index >= 15 is 0 Å². The predicted molar refractivity (Wildman–Crippen MR) is 161 cm³/mol. The van der Waals surface area contributed by atoms with E-state index in [1.165, 1.54) is 63.9 Å². The van der Waals surface area contributed by atoms with Crippen LogP contribution in [0.25, 0.3) is 0 Å². The van der Waals surface area contributed by atoms with Crippen LogP contribution in [0.15, 0.2) is 18.2 Å². The molecule has 0 radical (unpaired) electrons. The average Bonchev–Trinajstić information content (AvgIpc) is 2.75. The Morgan fingerprint density at radius 1 is 0.765 bits per heavy atom. The molecule has 2 saturated heterocycles. The van der Waals surface area contributed by atoms with Gasteiger partial charge in [0.2, 0.25) is 0 Å².